The second kappa shape index (κ2) is 11.0. The van der Waals surface area contributed by atoms with Crippen molar-refractivity contribution in [3.63, 3.8) is 0 Å². The molecule has 1 aliphatic heterocycles. The summed E-state index contributed by atoms with van der Waals surface area (Å²) >= 11 is 0. The number of carbonyl (C=O) groups excluding carboxylic acids is 1. The number of hydrogen-bond acceptors (Lipinski definition) is 4. The van der Waals surface area contributed by atoms with Crippen LogP contribution in [0.2, 0.25) is 0 Å². The minimum Gasteiger partial charge on any atom is -0.354 e. The second-order valence-electron chi connectivity index (χ2n) is 10.9. The molecule has 1 amide bonds. The van der Waals surface area contributed by atoms with Gasteiger partial charge in [-0.2, -0.15) is 5.10 Å². The van der Waals surface area contributed by atoms with Crippen molar-refractivity contribution in [2.24, 2.45) is 5.92 Å². The van der Waals surface area contributed by atoms with Crippen LogP contribution in [-0.4, -0.2) is 43.6 Å². The van der Waals surface area contributed by atoms with E-state index in [9.17, 15) is 9.59 Å². The maximum absolute atomic E-state index is 13.0. The van der Waals surface area contributed by atoms with Crippen LogP contribution in [0.15, 0.2) is 84.0 Å². The van der Waals surface area contributed by atoms with Crippen molar-refractivity contribution in [1.29, 1.82) is 0 Å². The number of fused-ring (bicyclic) bond motifs is 1. The Morgan fingerprint density at radius 1 is 1.10 bits per heavy atom. The highest BCUT2D eigenvalue weighted by molar-refractivity contribution is 6.04. The average Bonchev–Trinajstić information content (AvgIpc) is 3.63. The summed E-state index contributed by atoms with van der Waals surface area (Å²) in [6.07, 6.45) is 7.31. The van der Waals surface area contributed by atoms with E-state index in [0.717, 1.165) is 42.0 Å². The van der Waals surface area contributed by atoms with E-state index in [0.29, 0.717) is 22.5 Å². The molecule has 8 nitrogen and oxygen atoms in total. The van der Waals surface area contributed by atoms with Crippen LogP contribution in [0.4, 0.5) is 5.69 Å². The third-order valence-electron chi connectivity index (χ3n) is 7.96. The third kappa shape index (κ3) is 5.49. The van der Waals surface area contributed by atoms with Gasteiger partial charge in [0.05, 0.1) is 34.7 Å². The van der Waals surface area contributed by atoms with Gasteiger partial charge in [0.25, 0.3) is 11.5 Å². The number of aromatic amines is 2. The zero-order valence-corrected chi connectivity index (χ0v) is 22.9. The number of piperidine rings is 1. The first kappa shape index (κ1) is 25.8. The van der Waals surface area contributed by atoms with E-state index in [1.807, 2.05) is 43.3 Å². The fourth-order valence-electron chi connectivity index (χ4n) is 5.41. The Kier molecular flexibility index (Phi) is 7.09. The van der Waals surface area contributed by atoms with Gasteiger partial charge >= 0.3 is 0 Å². The van der Waals surface area contributed by atoms with Crippen LogP contribution < -0.4 is 10.9 Å². The van der Waals surface area contributed by atoms with Gasteiger partial charge in [-0.25, -0.2) is 0 Å². The highest BCUT2D eigenvalue weighted by atomic mass is 16.1. The molecule has 0 aliphatic carbocycles. The maximum Gasteiger partial charge on any atom is 0.258 e. The summed E-state index contributed by atoms with van der Waals surface area (Å²) in [6, 6.07) is 20.1. The molecule has 0 bridgehead atoms. The van der Waals surface area contributed by atoms with Crippen molar-refractivity contribution in [3.8, 4) is 11.3 Å². The lowest BCUT2D eigenvalue weighted by Crippen LogP contribution is -2.32. The number of benzene rings is 2. The van der Waals surface area contributed by atoms with Gasteiger partial charge in [-0.15, -0.1) is 0 Å². The van der Waals surface area contributed by atoms with Crippen LogP contribution in [0.25, 0.3) is 22.2 Å². The molecular formula is C32H34N6O2. The van der Waals surface area contributed by atoms with E-state index < -0.39 is 0 Å². The van der Waals surface area contributed by atoms with Crippen molar-refractivity contribution < 1.29 is 4.79 Å². The minimum atomic E-state index is -0.294. The monoisotopic (exact) mass is 534 g/mol. The number of anilines is 1. The lowest BCUT2D eigenvalue weighted by molar-refractivity contribution is 0.102. The molecule has 3 aromatic heterocycles. The summed E-state index contributed by atoms with van der Waals surface area (Å²) < 4.78 is 1.77. The van der Waals surface area contributed by atoms with Crippen LogP contribution in [0.1, 0.15) is 54.2 Å². The molecule has 6 rings (SSSR count). The predicted octanol–water partition coefficient (Wildman–Crippen LogP) is 5.81. The molecule has 3 N–H and O–H groups in total. The van der Waals surface area contributed by atoms with Gasteiger partial charge < -0.3 is 15.3 Å². The Morgan fingerprint density at radius 3 is 2.70 bits per heavy atom. The molecule has 1 saturated heterocycles. The summed E-state index contributed by atoms with van der Waals surface area (Å²) in [5.74, 6) is 0.517. The number of aromatic nitrogens is 4. The summed E-state index contributed by atoms with van der Waals surface area (Å²) in [4.78, 5) is 34.4. The molecule has 204 valence electrons. The zero-order chi connectivity index (χ0) is 27.6. The van der Waals surface area contributed by atoms with Gasteiger partial charge in [-0.3, -0.25) is 19.2 Å². The van der Waals surface area contributed by atoms with E-state index in [1.165, 1.54) is 24.6 Å². The van der Waals surface area contributed by atoms with Gasteiger partial charge in [0.1, 0.15) is 0 Å². The number of likely N-dealkylation sites (tertiary alicyclic amines) is 1. The summed E-state index contributed by atoms with van der Waals surface area (Å²) in [7, 11) is 0. The molecule has 2 aromatic carbocycles. The summed E-state index contributed by atoms with van der Waals surface area (Å²) in [5.41, 5.74) is 5.24. The van der Waals surface area contributed by atoms with E-state index in [4.69, 9.17) is 0 Å². The highest BCUT2D eigenvalue weighted by Crippen LogP contribution is 2.26. The third-order valence-corrected chi connectivity index (χ3v) is 7.96. The molecule has 40 heavy (non-hydrogen) atoms. The maximum atomic E-state index is 13.0. The fraction of sp³-hybridized carbons (Fsp3) is 0.281. The van der Waals surface area contributed by atoms with Crippen LogP contribution >= 0.6 is 0 Å². The Hall–Kier alpha value is -4.43. The number of rotatable bonds is 7. The number of H-pyrrole nitrogens is 2. The van der Waals surface area contributed by atoms with Crippen molar-refractivity contribution in [2.45, 2.75) is 39.3 Å². The van der Waals surface area contributed by atoms with Gasteiger partial charge in [0.2, 0.25) is 0 Å². The molecule has 0 spiro atoms. The van der Waals surface area contributed by atoms with E-state index in [2.05, 4.69) is 50.4 Å². The van der Waals surface area contributed by atoms with Gasteiger partial charge in [0, 0.05) is 29.8 Å². The average molecular weight is 535 g/mol. The van der Waals surface area contributed by atoms with E-state index in [1.54, 1.807) is 23.1 Å². The topological polar surface area (TPSA) is 98.8 Å². The highest BCUT2D eigenvalue weighted by Gasteiger charge is 2.17. The fourth-order valence-corrected chi connectivity index (χ4v) is 5.41. The van der Waals surface area contributed by atoms with Crippen LogP contribution in [0, 0.1) is 5.92 Å². The van der Waals surface area contributed by atoms with Crippen LogP contribution in [-0.2, 0) is 6.54 Å². The standard InChI is InChI=1S/C32H34N6O2/c1-21-10-12-37(13-11-21)19-23-8-9-29-25(14-23)15-30(36-29)28-16-27(18-33-32(28)40)35-31(39)26-17-34-38(20-26)22(2)24-6-4-3-5-7-24/h3-9,14-18,20-22,36H,10-13,19H2,1-2H3,(H,33,40)(H,35,39)/t22-/m1/s1. The smallest absolute Gasteiger partial charge is 0.258 e. The number of carbonyl (C=O) groups is 1. The largest absolute Gasteiger partial charge is 0.354 e. The van der Waals surface area contributed by atoms with Crippen LogP contribution in [0.5, 0.6) is 0 Å². The molecule has 1 atom stereocenters. The molecular weight excluding hydrogens is 500 g/mol. The quantitative estimate of drug-likeness (QED) is 0.245. The second-order valence-corrected chi connectivity index (χ2v) is 10.9. The van der Waals surface area contributed by atoms with Crippen molar-refractivity contribution in [2.75, 3.05) is 18.4 Å². The molecule has 8 heteroatoms. The van der Waals surface area contributed by atoms with Crippen molar-refractivity contribution >= 4 is 22.5 Å². The Morgan fingerprint density at radius 2 is 1.90 bits per heavy atom. The SMILES string of the molecule is CC1CCN(Cc2ccc3[nH]c(-c4cc(NC(=O)c5cnn([C@H](C)c6ccccc6)c5)c[nH]c4=O)cc3c2)CC1. The normalized spacial score (nSPS) is 15.3. The first-order chi connectivity index (χ1) is 19.4. The molecule has 1 aliphatic rings. The van der Waals surface area contributed by atoms with Gasteiger partial charge in [-0.05, 0) is 74.2 Å². The first-order valence-electron chi connectivity index (χ1n) is 13.9. The lowest BCUT2D eigenvalue weighted by atomic mass is 9.99. The van der Waals surface area contributed by atoms with E-state index >= 15 is 0 Å². The molecule has 0 unspecified atom stereocenters. The van der Waals surface area contributed by atoms with Gasteiger partial charge in [-0.1, -0.05) is 43.3 Å². The van der Waals surface area contributed by atoms with Crippen molar-refractivity contribution in [1.82, 2.24) is 24.6 Å². The number of hydrogen-bond donors (Lipinski definition) is 3. The molecule has 1 fully saturated rings. The molecule has 0 radical (unpaired) electrons. The number of pyridine rings is 1. The Labute approximate surface area is 233 Å². The van der Waals surface area contributed by atoms with Crippen LogP contribution in [0.3, 0.4) is 0 Å². The number of nitrogens with one attached hydrogen (secondary N) is 3. The van der Waals surface area contributed by atoms with Gasteiger partial charge in [0.15, 0.2) is 0 Å². The Bertz CT molecular complexity index is 1690. The lowest BCUT2D eigenvalue weighted by Gasteiger charge is -2.30. The summed E-state index contributed by atoms with van der Waals surface area (Å²) in [5, 5.41) is 8.35. The minimum absolute atomic E-state index is 0.00601. The number of amides is 1. The molecule has 5 aromatic rings. The predicted molar refractivity (Wildman–Crippen MR) is 158 cm³/mol. The zero-order valence-electron chi connectivity index (χ0n) is 22.9. The molecule has 0 saturated carbocycles. The number of nitrogens with zero attached hydrogens (tertiary/aromatic N) is 3. The van der Waals surface area contributed by atoms with E-state index in [-0.39, 0.29) is 17.5 Å². The summed E-state index contributed by atoms with van der Waals surface area (Å²) in [6.45, 7) is 7.58. The van der Waals surface area contributed by atoms with Crippen molar-refractivity contribution in [3.05, 3.63) is 106 Å². The molecule has 4 heterocycles. The Balaban J connectivity index is 1.18. The first-order valence-corrected chi connectivity index (χ1v) is 13.9.